The van der Waals surface area contributed by atoms with Crippen LogP contribution in [0.1, 0.15) is 17.1 Å². The normalized spacial score (nSPS) is 11.6. The number of nitrogens with one attached hydrogen (secondary N) is 2. The van der Waals surface area contributed by atoms with Crippen LogP contribution in [0.15, 0.2) is 82.5 Å². The Morgan fingerprint density at radius 3 is 2.71 bits per heavy atom. The Bertz CT molecular complexity index is 1020. The number of aromatic nitrogens is 3. The third kappa shape index (κ3) is 4.56. The minimum atomic E-state index is 0.520. The Hall–Kier alpha value is -3.61. The summed E-state index contributed by atoms with van der Waals surface area (Å²) < 4.78 is 7.35. The van der Waals surface area contributed by atoms with Gasteiger partial charge in [-0.15, -0.1) is 10.2 Å². The highest BCUT2D eigenvalue weighted by Gasteiger charge is 2.06. The second-order valence-electron chi connectivity index (χ2n) is 6.31. The van der Waals surface area contributed by atoms with Gasteiger partial charge in [0, 0.05) is 19.2 Å². The highest BCUT2D eigenvalue weighted by Crippen LogP contribution is 2.04. The molecule has 28 heavy (non-hydrogen) atoms. The number of pyridine rings is 1. The van der Waals surface area contributed by atoms with Gasteiger partial charge >= 0.3 is 0 Å². The Morgan fingerprint density at radius 2 is 1.86 bits per heavy atom. The van der Waals surface area contributed by atoms with E-state index in [9.17, 15) is 0 Å². The van der Waals surface area contributed by atoms with Crippen LogP contribution in [-0.4, -0.2) is 27.1 Å². The highest BCUT2D eigenvalue weighted by molar-refractivity contribution is 5.79. The van der Waals surface area contributed by atoms with Crippen molar-refractivity contribution in [1.82, 2.24) is 25.2 Å². The fourth-order valence-electron chi connectivity index (χ4n) is 2.86. The van der Waals surface area contributed by atoms with Crippen molar-refractivity contribution in [2.75, 3.05) is 6.54 Å². The van der Waals surface area contributed by atoms with Gasteiger partial charge in [0.15, 0.2) is 17.4 Å². The Labute approximate surface area is 163 Å². The number of hydrogen-bond acceptors (Lipinski definition) is 4. The number of rotatable bonds is 7. The predicted molar refractivity (Wildman–Crippen MR) is 108 cm³/mol. The largest absolute Gasteiger partial charge is 0.469 e. The Morgan fingerprint density at radius 1 is 0.964 bits per heavy atom. The zero-order chi connectivity index (χ0) is 19.0. The van der Waals surface area contributed by atoms with Crippen molar-refractivity contribution >= 4 is 11.6 Å². The maximum absolute atomic E-state index is 5.39. The number of nitrogens with zero attached hydrogens (tertiary/aromatic N) is 4. The quantitative estimate of drug-likeness (QED) is 0.384. The molecule has 7 nitrogen and oxygen atoms in total. The van der Waals surface area contributed by atoms with E-state index < -0.39 is 0 Å². The molecule has 0 saturated heterocycles. The molecule has 3 aromatic heterocycles. The molecule has 0 spiro atoms. The third-order valence-electron chi connectivity index (χ3n) is 4.30. The van der Waals surface area contributed by atoms with Crippen LogP contribution in [-0.2, 0) is 19.5 Å². The number of hydrogen-bond donors (Lipinski definition) is 2. The van der Waals surface area contributed by atoms with E-state index in [1.807, 2.05) is 59.1 Å². The number of aliphatic imine (C=N–C) groups is 1. The zero-order valence-electron chi connectivity index (χ0n) is 15.5. The summed E-state index contributed by atoms with van der Waals surface area (Å²) in [5.41, 5.74) is 1.98. The summed E-state index contributed by atoms with van der Waals surface area (Å²) in [4.78, 5) is 4.70. The minimum Gasteiger partial charge on any atom is -0.469 e. The molecule has 0 saturated carbocycles. The minimum absolute atomic E-state index is 0.520. The maximum atomic E-state index is 5.39. The van der Waals surface area contributed by atoms with Gasteiger partial charge in [-0.05, 0) is 29.8 Å². The van der Waals surface area contributed by atoms with Crippen molar-refractivity contribution in [2.24, 2.45) is 4.99 Å². The first-order valence-electron chi connectivity index (χ1n) is 9.25. The molecule has 2 N–H and O–H groups in total. The van der Waals surface area contributed by atoms with Gasteiger partial charge in [0.1, 0.15) is 5.76 Å². The highest BCUT2D eigenvalue weighted by atomic mass is 16.3. The topological polar surface area (TPSA) is 79.8 Å². The molecule has 0 atom stereocenters. The van der Waals surface area contributed by atoms with E-state index in [0.29, 0.717) is 19.6 Å². The fourth-order valence-corrected chi connectivity index (χ4v) is 2.86. The van der Waals surface area contributed by atoms with E-state index in [0.717, 1.165) is 35.2 Å². The molecule has 0 aliphatic carbocycles. The smallest absolute Gasteiger partial charge is 0.191 e. The molecule has 0 amide bonds. The number of fused-ring (bicyclic) bond motifs is 1. The van der Waals surface area contributed by atoms with Gasteiger partial charge in [0.25, 0.3) is 0 Å². The summed E-state index contributed by atoms with van der Waals surface area (Å²) in [7, 11) is 0. The van der Waals surface area contributed by atoms with E-state index in [2.05, 4.69) is 33.0 Å². The van der Waals surface area contributed by atoms with Crippen molar-refractivity contribution in [2.45, 2.75) is 19.5 Å². The molecule has 0 aliphatic heterocycles. The molecule has 3 heterocycles. The zero-order valence-corrected chi connectivity index (χ0v) is 15.5. The van der Waals surface area contributed by atoms with Gasteiger partial charge in [0.05, 0.1) is 19.4 Å². The second-order valence-corrected chi connectivity index (χ2v) is 6.31. The Balaban J connectivity index is 1.42. The molecule has 0 bridgehead atoms. The molecule has 4 aromatic rings. The van der Waals surface area contributed by atoms with Crippen LogP contribution < -0.4 is 10.6 Å². The van der Waals surface area contributed by atoms with Crippen LogP contribution in [0, 0.1) is 0 Å². The summed E-state index contributed by atoms with van der Waals surface area (Å²) >= 11 is 0. The summed E-state index contributed by atoms with van der Waals surface area (Å²) in [5, 5.41) is 15.2. The van der Waals surface area contributed by atoms with E-state index in [-0.39, 0.29) is 0 Å². The molecular formula is C21H22N6O. The van der Waals surface area contributed by atoms with Crippen molar-refractivity contribution in [1.29, 1.82) is 0 Å². The predicted octanol–water partition coefficient (Wildman–Crippen LogP) is 2.80. The molecule has 0 fully saturated rings. The van der Waals surface area contributed by atoms with Gasteiger partial charge in [-0.3, -0.25) is 4.40 Å². The molecule has 0 aliphatic rings. The lowest BCUT2D eigenvalue weighted by atomic mass is 10.2. The molecular weight excluding hydrogens is 352 g/mol. The van der Waals surface area contributed by atoms with Crippen molar-refractivity contribution in [3.8, 4) is 0 Å². The first kappa shape index (κ1) is 17.8. The van der Waals surface area contributed by atoms with E-state index in [1.54, 1.807) is 6.26 Å². The molecule has 0 radical (unpaired) electrons. The molecule has 7 heteroatoms. The first-order chi connectivity index (χ1) is 13.9. The number of benzene rings is 1. The van der Waals surface area contributed by atoms with Crippen molar-refractivity contribution in [3.05, 3.63) is 90.3 Å². The third-order valence-corrected chi connectivity index (χ3v) is 4.30. The monoisotopic (exact) mass is 374 g/mol. The van der Waals surface area contributed by atoms with Crippen LogP contribution in [0.2, 0.25) is 0 Å². The molecule has 4 rings (SSSR count). The summed E-state index contributed by atoms with van der Waals surface area (Å²) in [6.45, 7) is 1.83. The average Bonchev–Trinajstić information content (AvgIpc) is 3.40. The summed E-state index contributed by atoms with van der Waals surface area (Å²) in [5.74, 6) is 2.50. The summed E-state index contributed by atoms with van der Waals surface area (Å²) in [6.07, 6.45) is 4.43. The van der Waals surface area contributed by atoms with Crippen LogP contribution in [0.25, 0.3) is 5.65 Å². The van der Waals surface area contributed by atoms with Gasteiger partial charge in [-0.1, -0.05) is 36.4 Å². The Kier molecular flexibility index (Phi) is 5.62. The van der Waals surface area contributed by atoms with Crippen LogP contribution in [0.5, 0.6) is 0 Å². The van der Waals surface area contributed by atoms with Gasteiger partial charge in [0.2, 0.25) is 0 Å². The lowest BCUT2D eigenvalue weighted by molar-refractivity contribution is 0.506. The molecule has 1 aromatic carbocycles. The first-order valence-corrected chi connectivity index (χ1v) is 9.25. The summed E-state index contributed by atoms with van der Waals surface area (Å²) in [6, 6.07) is 19.9. The van der Waals surface area contributed by atoms with Crippen molar-refractivity contribution < 1.29 is 4.42 Å². The SMILES string of the molecule is c1ccc(CN=C(NCCc2ccco2)NCc2nnc3ccccn23)cc1. The lowest BCUT2D eigenvalue weighted by Crippen LogP contribution is -2.38. The van der Waals surface area contributed by atoms with E-state index in [4.69, 9.17) is 9.41 Å². The molecule has 142 valence electrons. The average molecular weight is 374 g/mol. The van der Waals surface area contributed by atoms with Crippen LogP contribution >= 0.6 is 0 Å². The van der Waals surface area contributed by atoms with E-state index >= 15 is 0 Å². The van der Waals surface area contributed by atoms with Gasteiger partial charge in [-0.2, -0.15) is 0 Å². The maximum Gasteiger partial charge on any atom is 0.191 e. The van der Waals surface area contributed by atoms with Crippen LogP contribution in [0.3, 0.4) is 0 Å². The number of guanidine groups is 1. The van der Waals surface area contributed by atoms with E-state index in [1.165, 1.54) is 0 Å². The fraction of sp³-hybridized carbons (Fsp3) is 0.190. The lowest BCUT2D eigenvalue weighted by Gasteiger charge is -2.12. The second kappa shape index (κ2) is 8.85. The van der Waals surface area contributed by atoms with Crippen LogP contribution in [0.4, 0.5) is 0 Å². The standard InChI is InChI=1S/C21H22N6O/c1-2-7-17(8-3-1)15-23-21(22-12-11-18-9-6-14-28-18)24-16-20-26-25-19-10-4-5-13-27(19)20/h1-10,13-14H,11-12,15-16H2,(H2,22,23,24). The van der Waals surface area contributed by atoms with Crippen molar-refractivity contribution in [3.63, 3.8) is 0 Å². The van der Waals surface area contributed by atoms with Gasteiger partial charge in [-0.25, -0.2) is 4.99 Å². The number of furan rings is 1. The molecule has 0 unspecified atom stereocenters. The van der Waals surface area contributed by atoms with Gasteiger partial charge < -0.3 is 15.1 Å².